The number of carbonyl (C=O) groups is 1. The van der Waals surface area contributed by atoms with Crippen LogP contribution in [0.2, 0.25) is 0 Å². The lowest BCUT2D eigenvalue weighted by atomic mass is 9.99. The summed E-state index contributed by atoms with van der Waals surface area (Å²) in [4.78, 5) is 21.9. The highest BCUT2D eigenvalue weighted by Gasteiger charge is 2.38. The largest absolute Gasteiger partial charge is 0.339 e. The zero-order chi connectivity index (χ0) is 16.5. The smallest absolute Gasteiger partial charge is 0.257 e. The molecule has 0 bridgehead atoms. The van der Waals surface area contributed by atoms with Gasteiger partial charge >= 0.3 is 0 Å². The molecule has 1 aromatic carbocycles. The first-order valence-corrected chi connectivity index (χ1v) is 8.85. The monoisotopic (exact) mass is 321 g/mol. The number of hydrogen-bond donors (Lipinski definition) is 0. The zero-order valence-electron chi connectivity index (χ0n) is 14.1. The van der Waals surface area contributed by atoms with Crippen LogP contribution in [0.4, 0.5) is 0 Å². The zero-order valence-corrected chi connectivity index (χ0v) is 14.1. The van der Waals surface area contributed by atoms with Crippen molar-refractivity contribution in [3.8, 4) is 0 Å². The molecule has 0 spiro atoms. The summed E-state index contributed by atoms with van der Waals surface area (Å²) >= 11 is 0. The topological polar surface area (TPSA) is 35.9 Å². The predicted octanol–water partition coefficient (Wildman–Crippen LogP) is 3.30. The third-order valence-electron chi connectivity index (χ3n) is 5.09. The van der Waals surface area contributed by atoms with Crippen molar-refractivity contribution in [2.75, 3.05) is 13.1 Å². The highest BCUT2D eigenvalue weighted by atomic mass is 16.2. The van der Waals surface area contributed by atoms with E-state index in [1.807, 2.05) is 29.3 Å². The number of nitrogens with zero attached hydrogens (tertiary/aromatic N) is 3. The van der Waals surface area contributed by atoms with E-state index in [0.717, 1.165) is 37.3 Å². The Bertz CT molecular complexity index is 714. The molecule has 4 heteroatoms. The van der Waals surface area contributed by atoms with E-state index in [9.17, 15) is 4.79 Å². The molecule has 1 saturated heterocycles. The average Bonchev–Trinajstić information content (AvgIpc) is 2.98. The highest BCUT2D eigenvalue weighted by Crippen LogP contribution is 2.36. The molecule has 1 aromatic rings. The van der Waals surface area contributed by atoms with E-state index in [4.69, 9.17) is 4.99 Å². The summed E-state index contributed by atoms with van der Waals surface area (Å²) in [5.74, 6) is 0.957. The quantitative estimate of drug-likeness (QED) is 0.838. The number of fused-ring (bicyclic) bond motifs is 1. The van der Waals surface area contributed by atoms with E-state index in [0.29, 0.717) is 0 Å². The summed E-state index contributed by atoms with van der Waals surface area (Å²) in [6, 6.07) is 10.7. The van der Waals surface area contributed by atoms with Crippen LogP contribution in [0.1, 0.15) is 37.8 Å². The van der Waals surface area contributed by atoms with Gasteiger partial charge in [0.25, 0.3) is 5.91 Å². The number of piperidine rings is 1. The Morgan fingerprint density at radius 1 is 1.12 bits per heavy atom. The molecule has 2 atom stereocenters. The van der Waals surface area contributed by atoms with Crippen LogP contribution in [-0.4, -0.2) is 40.7 Å². The minimum Gasteiger partial charge on any atom is -0.339 e. The van der Waals surface area contributed by atoms with E-state index < -0.39 is 0 Å². The predicted molar refractivity (Wildman–Crippen MR) is 95.6 cm³/mol. The summed E-state index contributed by atoms with van der Waals surface area (Å²) in [6.07, 6.45) is 9.38. The van der Waals surface area contributed by atoms with Crippen molar-refractivity contribution in [3.05, 3.63) is 59.8 Å². The number of amides is 1. The molecule has 3 heterocycles. The number of amidine groups is 1. The van der Waals surface area contributed by atoms with Crippen molar-refractivity contribution < 1.29 is 4.79 Å². The molecule has 24 heavy (non-hydrogen) atoms. The lowest BCUT2D eigenvalue weighted by Gasteiger charge is -2.32. The first kappa shape index (κ1) is 15.2. The molecule has 3 aliphatic heterocycles. The standard InChI is InChI=1S/C20H23N3O/c1-15-18(16-9-4-2-5-10-16)23-14-8-11-17(19(23)21-15)20(24)22-12-6-3-7-13-22/h2,4-5,8-11,14-15,18H,3,6-7,12-13H2,1H3. The first-order chi connectivity index (χ1) is 11.8. The van der Waals surface area contributed by atoms with E-state index in [1.165, 1.54) is 12.0 Å². The molecule has 124 valence electrons. The third-order valence-corrected chi connectivity index (χ3v) is 5.09. The van der Waals surface area contributed by atoms with Gasteiger partial charge in [0, 0.05) is 19.3 Å². The molecule has 3 aliphatic rings. The van der Waals surface area contributed by atoms with Gasteiger partial charge in [-0.3, -0.25) is 9.79 Å². The molecule has 0 aliphatic carbocycles. The van der Waals surface area contributed by atoms with Gasteiger partial charge in [-0.05, 0) is 43.9 Å². The molecule has 4 nitrogen and oxygen atoms in total. The van der Waals surface area contributed by atoms with E-state index in [2.05, 4.69) is 36.1 Å². The fraction of sp³-hybridized carbons (Fsp3) is 0.400. The Morgan fingerprint density at radius 3 is 2.62 bits per heavy atom. The van der Waals surface area contributed by atoms with Crippen molar-refractivity contribution in [3.63, 3.8) is 0 Å². The second-order valence-corrected chi connectivity index (χ2v) is 6.73. The second-order valence-electron chi connectivity index (χ2n) is 6.73. The van der Waals surface area contributed by atoms with E-state index in [1.54, 1.807) is 0 Å². The normalized spacial score (nSPS) is 26.0. The summed E-state index contributed by atoms with van der Waals surface area (Å²) in [6.45, 7) is 3.86. The van der Waals surface area contributed by atoms with E-state index in [-0.39, 0.29) is 18.0 Å². The maximum Gasteiger partial charge on any atom is 0.257 e. The summed E-state index contributed by atoms with van der Waals surface area (Å²) < 4.78 is 0. The number of likely N-dealkylation sites (tertiary alicyclic amines) is 1. The molecule has 0 saturated carbocycles. The van der Waals surface area contributed by atoms with Crippen LogP contribution in [0.15, 0.2) is 59.2 Å². The lowest BCUT2D eigenvalue weighted by molar-refractivity contribution is -0.127. The molecule has 0 aromatic heterocycles. The SMILES string of the molecule is CC1N=C2C(C(=O)N3CCCCC3)=CC=CN2C1c1ccccc1. The van der Waals surface area contributed by atoms with Crippen molar-refractivity contribution in [1.82, 2.24) is 9.80 Å². The van der Waals surface area contributed by atoms with Crippen LogP contribution in [0.3, 0.4) is 0 Å². The Hall–Kier alpha value is -2.36. The maximum absolute atomic E-state index is 13.0. The summed E-state index contributed by atoms with van der Waals surface area (Å²) in [5, 5.41) is 0. The molecular weight excluding hydrogens is 298 g/mol. The number of hydrogen-bond acceptors (Lipinski definition) is 3. The van der Waals surface area contributed by atoms with Gasteiger partial charge < -0.3 is 9.80 Å². The van der Waals surface area contributed by atoms with Crippen LogP contribution in [-0.2, 0) is 4.79 Å². The van der Waals surface area contributed by atoms with Gasteiger partial charge in [-0.2, -0.15) is 0 Å². The second kappa shape index (κ2) is 6.27. The Balaban J connectivity index is 1.61. The van der Waals surface area contributed by atoms with Crippen molar-refractivity contribution in [2.24, 2.45) is 4.99 Å². The number of allylic oxidation sites excluding steroid dienone is 2. The van der Waals surface area contributed by atoms with Crippen molar-refractivity contribution in [2.45, 2.75) is 38.3 Å². The van der Waals surface area contributed by atoms with Crippen LogP contribution in [0.5, 0.6) is 0 Å². The number of aliphatic imine (C=N–C) groups is 1. The lowest BCUT2D eigenvalue weighted by Crippen LogP contribution is -2.41. The highest BCUT2D eigenvalue weighted by molar-refractivity contribution is 6.22. The van der Waals surface area contributed by atoms with Crippen LogP contribution >= 0.6 is 0 Å². The Morgan fingerprint density at radius 2 is 1.88 bits per heavy atom. The van der Waals surface area contributed by atoms with Crippen LogP contribution < -0.4 is 0 Å². The average molecular weight is 321 g/mol. The molecule has 1 amide bonds. The summed E-state index contributed by atoms with van der Waals surface area (Å²) in [7, 11) is 0. The van der Waals surface area contributed by atoms with Crippen LogP contribution in [0, 0.1) is 0 Å². The minimum absolute atomic E-state index is 0.128. The fourth-order valence-electron chi connectivity index (χ4n) is 3.90. The first-order valence-electron chi connectivity index (χ1n) is 8.85. The van der Waals surface area contributed by atoms with E-state index >= 15 is 0 Å². The van der Waals surface area contributed by atoms with Gasteiger partial charge in [0.15, 0.2) is 0 Å². The Labute approximate surface area is 143 Å². The van der Waals surface area contributed by atoms with Gasteiger partial charge in [0.05, 0.1) is 17.7 Å². The fourth-order valence-corrected chi connectivity index (χ4v) is 3.90. The number of rotatable bonds is 2. The van der Waals surface area contributed by atoms with Gasteiger partial charge in [-0.25, -0.2) is 0 Å². The molecule has 1 fully saturated rings. The van der Waals surface area contributed by atoms with Crippen molar-refractivity contribution in [1.29, 1.82) is 0 Å². The van der Waals surface area contributed by atoms with Crippen molar-refractivity contribution >= 4 is 11.7 Å². The number of benzene rings is 1. The Kier molecular flexibility index (Phi) is 3.97. The molecule has 0 N–H and O–H groups in total. The molecule has 2 unspecified atom stereocenters. The third kappa shape index (κ3) is 2.56. The summed E-state index contributed by atoms with van der Waals surface area (Å²) in [5.41, 5.74) is 1.98. The minimum atomic E-state index is 0.128. The van der Waals surface area contributed by atoms with Gasteiger partial charge in [0.1, 0.15) is 5.84 Å². The van der Waals surface area contributed by atoms with Crippen LogP contribution in [0.25, 0.3) is 0 Å². The van der Waals surface area contributed by atoms with Gasteiger partial charge in [0.2, 0.25) is 0 Å². The molecule has 0 radical (unpaired) electrons. The van der Waals surface area contributed by atoms with Gasteiger partial charge in [-0.1, -0.05) is 30.3 Å². The van der Waals surface area contributed by atoms with Gasteiger partial charge in [-0.15, -0.1) is 0 Å². The molecule has 4 rings (SSSR count). The molecular formula is C20H23N3O. The number of carbonyl (C=O) groups excluding carboxylic acids is 1. The maximum atomic E-state index is 13.0.